The second-order valence-corrected chi connectivity index (χ2v) is 2.57. The Bertz CT molecular complexity index is 134. The fourth-order valence-electron chi connectivity index (χ4n) is 0.292. The topological polar surface area (TPSA) is 63.6 Å². The second-order valence-electron chi connectivity index (χ2n) is 1.49. The first-order chi connectivity index (χ1) is 4.66. The van der Waals surface area contributed by atoms with Crippen molar-refractivity contribution in [2.75, 3.05) is 11.0 Å². The summed E-state index contributed by atoms with van der Waals surface area (Å²) < 4.78 is 4.95. The molecule has 0 spiro atoms. The molecule has 0 aliphatic carbocycles. The summed E-state index contributed by atoms with van der Waals surface area (Å²) in [5.41, 5.74) is 0. The second kappa shape index (κ2) is 5.45. The van der Waals surface area contributed by atoms with Crippen molar-refractivity contribution in [2.24, 2.45) is 0 Å². The van der Waals surface area contributed by atoms with Crippen molar-refractivity contribution in [3.05, 3.63) is 0 Å². The van der Waals surface area contributed by atoms with Gasteiger partial charge >= 0.3 is 11.9 Å². The Hall–Kier alpha value is -0.330. The van der Waals surface area contributed by atoms with E-state index in [4.69, 9.17) is 5.11 Å². The van der Waals surface area contributed by atoms with E-state index in [-0.39, 0.29) is 6.42 Å². The van der Waals surface area contributed by atoms with Gasteiger partial charge in [0.25, 0.3) is 0 Å². The van der Waals surface area contributed by atoms with Crippen molar-refractivity contribution >= 4 is 34.5 Å². The largest absolute Gasteiger partial charge is 0.479 e. The van der Waals surface area contributed by atoms with Crippen molar-refractivity contribution in [2.45, 2.75) is 6.42 Å². The maximum Gasteiger partial charge on any atom is 0.341 e. The summed E-state index contributed by atoms with van der Waals surface area (Å²) in [5, 5.41) is 8.05. The molecule has 4 nitrogen and oxygen atoms in total. The fourth-order valence-corrected chi connectivity index (χ4v) is 0.732. The average Bonchev–Trinajstić information content (AvgIpc) is 1.85. The van der Waals surface area contributed by atoms with Crippen LogP contribution in [-0.4, -0.2) is 28.1 Å². The highest BCUT2D eigenvalue weighted by atomic mass is 127. The predicted octanol–water partition coefficient (Wildman–Crippen LogP) is 0.439. The zero-order chi connectivity index (χ0) is 7.98. The number of carbonyl (C=O) groups is 2. The lowest BCUT2D eigenvalue weighted by molar-refractivity contribution is -0.154. The van der Waals surface area contributed by atoms with Gasteiger partial charge in [-0.3, -0.25) is 4.79 Å². The Balaban J connectivity index is 3.30. The number of carboxylic acid groups (broad SMARTS) is 1. The van der Waals surface area contributed by atoms with Gasteiger partial charge in [0.15, 0.2) is 6.61 Å². The van der Waals surface area contributed by atoms with Gasteiger partial charge in [0.2, 0.25) is 0 Å². The van der Waals surface area contributed by atoms with Crippen LogP contribution in [0.5, 0.6) is 0 Å². The Morgan fingerprint density at radius 2 is 2.10 bits per heavy atom. The van der Waals surface area contributed by atoms with E-state index in [1.54, 1.807) is 0 Å². The van der Waals surface area contributed by atoms with E-state index < -0.39 is 18.5 Å². The van der Waals surface area contributed by atoms with Crippen LogP contribution in [0.15, 0.2) is 0 Å². The van der Waals surface area contributed by atoms with Gasteiger partial charge < -0.3 is 9.84 Å². The highest BCUT2D eigenvalue weighted by molar-refractivity contribution is 14.1. The summed E-state index contributed by atoms with van der Waals surface area (Å²) in [6.07, 6.45) is 0.272. The van der Waals surface area contributed by atoms with Crippen LogP contribution in [0, 0.1) is 0 Å². The number of esters is 1. The molecular formula is C5H7IO4. The summed E-state index contributed by atoms with van der Waals surface area (Å²) in [6, 6.07) is 0. The van der Waals surface area contributed by atoms with Gasteiger partial charge in [0.05, 0.1) is 6.42 Å². The molecule has 1 N–H and O–H groups in total. The molecule has 0 saturated carbocycles. The van der Waals surface area contributed by atoms with E-state index in [0.29, 0.717) is 4.43 Å². The lowest BCUT2D eigenvalue weighted by atomic mass is 10.5. The van der Waals surface area contributed by atoms with Crippen LogP contribution in [0.3, 0.4) is 0 Å². The molecule has 0 aliphatic rings. The first-order valence-electron chi connectivity index (χ1n) is 2.60. The Morgan fingerprint density at radius 3 is 2.50 bits per heavy atom. The molecule has 0 bridgehead atoms. The summed E-state index contributed by atoms with van der Waals surface area (Å²) in [6.45, 7) is -0.532. The molecule has 0 amide bonds. The van der Waals surface area contributed by atoms with Crippen LogP contribution < -0.4 is 0 Å². The zero-order valence-electron chi connectivity index (χ0n) is 5.17. The molecule has 58 valence electrons. The third-order valence-electron chi connectivity index (χ3n) is 0.655. The van der Waals surface area contributed by atoms with Crippen LogP contribution in [-0.2, 0) is 14.3 Å². The fraction of sp³-hybridized carbons (Fsp3) is 0.600. The Kier molecular flexibility index (Phi) is 5.27. The molecule has 0 aliphatic heterocycles. The maximum absolute atomic E-state index is 10.5. The highest BCUT2D eigenvalue weighted by Gasteiger charge is 2.03. The van der Waals surface area contributed by atoms with E-state index in [2.05, 4.69) is 4.74 Å². The number of hydrogen-bond acceptors (Lipinski definition) is 3. The average molecular weight is 258 g/mol. The van der Waals surface area contributed by atoms with Crippen LogP contribution >= 0.6 is 22.6 Å². The standard InChI is InChI=1S/C5H7IO4/c6-2-1-5(9)10-3-4(7)8/h1-3H2,(H,7,8). The predicted molar refractivity (Wildman–Crippen MR) is 42.1 cm³/mol. The molecule has 5 heteroatoms. The van der Waals surface area contributed by atoms with Crippen LogP contribution in [0.4, 0.5) is 0 Å². The van der Waals surface area contributed by atoms with Crippen molar-refractivity contribution in [3.63, 3.8) is 0 Å². The summed E-state index contributed by atoms with van der Waals surface area (Å²) in [4.78, 5) is 20.3. The van der Waals surface area contributed by atoms with Gasteiger partial charge in [-0.2, -0.15) is 0 Å². The summed E-state index contributed by atoms with van der Waals surface area (Å²) in [5.74, 6) is -1.58. The molecule has 0 aromatic heterocycles. The number of carbonyl (C=O) groups excluding carboxylic acids is 1. The van der Waals surface area contributed by atoms with Gasteiger partial charge in [-0.15, -0.1) is 0 Å². The first kappa shape index (κ1) is 9.67. The number of aliphatic carboxylic acids is 1. The molecule has 0 rings (SSSR count). The molecule has 0 heterocycles. The van der Waals surface area contributed by atoms with Gasteiger partial charge in [0.1, 0.15) is 0 Å². The van der Waals surface area contributed by atoms with Crippen LogP contribution in [0.2, 0.25) is 0 Å². The number of carboxylic acids is 1. The van der Waals surface area contributed by atoms with Crippen molar-refractivity contribution in [1.29, 1.82) is 0 Å². The normalized spacial score (nSPS) is 8.90. The first-order valence-corrected chi connectivity index (χ1v) is 4.12. The van der Waals surface area contributed by atoms with E-state index in [0.717, 1.165) is 0 Å². The number of rotatable bonds is 4. The lowest BCUT2D eigenvalue weighted by Crippen LogP contribution is -2.12. The quantitative estimate of drug-likeness (QED) is 0.451. The van der Waals surface area contributed by atoms with Crippen LogP contribution in [0.25, 0.3) is 0 Å². The molecule has 0 atom stereocenters. The van der Waals surface area contributed by atoms with E-state index >= 15 is 0 Å². The lowest BCUT2D eigenvalue weighted by Gasteiger charge is -1.97. The van der Waals surface area contributed by atoms with E-state index in [9.17, 15) is 9.59 Å². The number of hydrogen-bond donors (Lipinski definition) is 1. The van der Waals surface area contributed by atoms with Gasteiger partial charge in [-0.1, -0.05) is 22.6 Å². The highest BCUT2D eigenvalue weighted by Crippen LogP contribution is 1.91. The number of ether oxygens (including phenoxy) is 1. The summed E-state index contributed by atoms with van der Waals surface area (Å²) in [7, 11) is 0. The van der Waals surface area contributed by atoms with Crippen LogP contribution in [0.1, 0.15) is 6.42 Å². The molecule has 0 aromatic carbocycles. The zero-order valence-corrected chi connectivity index (χ0v) is 7.33. The Labute approximate surface area is 71.7 Å². The monoisotopic (exact) mass is 258 g/mol. The number of halogens is 1. The number of alkyl halides is 1. The van der Waals surface area contributed by atoms with E-state index in [1.807, 2.05) is 22.6 Å². The van der Waals surface area contributed by atoms with Gasteiger partial charge in [-0.25, -0.2) is 4.79 Å². The minimum atomic E-state index is -1.12. The van der Waals surface area contributed by atoms with Gasteiger partial charge in [-0.05, 0) is 0 Å². The smallest absolute Gasteiger partial charge is 0.341 e. The molecule has 0 unspecified atom stereocenters. The summed E-state index contributed by atoms with van der Waals surface area (Å²) >= 11 is 2.01. The minimum absolute atomic E-state index is 0.272. The third kappa shape index (κ3) is 5.80. The Morgan fingerprint density at radius 1 is 1.50 bits per heavy atom. The molecule has 0 aromatic rings. The molecule has 0 radical (unpaired) electrons. The molecular weight excluding hydrogens is 251 g/mol. The minimum Gasteiger partial charge on any atom is -0.479 e. The molecule has 0 fully saturated rings. The van der Waals surface area contributed by atoms with E-state index in [1.165, 1.54) is 0 Å². The third-order valence-corrected chi connectivity index (χ3v) is 1.19. The molecule has 10 heavy (non-hydrogen) atoms. The van der Waals surface area contributed by atoms with Crippen molar-refractivity contribution in [1.82, 2.24) is 0 Å². The van der Waals surface area contributed by atoms with Crippen molar-refractivity contribution < 1.29 is 19.4 Å². The maximum atomic E-state index is 10.5. The SMILES string of the molecule is O=C(O)COC(=O)CCI. The molecule has 0 saturated heterocycles. The van der Waals surface area contributed by atoms with Gasteiger partial charge in [0, 0.05) is 4.43 Å². The van der Waals surface area contributed by atoms with Crippen molar-refractivity contribution in [3.8, 4) is 0 Å².